The van der Waals surface area contributed by atoms with Crippen molar-refractivity contribution in [1.29, 1.82) is 0 Å². The molecule has 0 atom stereocenters. The summed E-state index contributed by atoms with van der Waals surface area (Å²) < 4.78 is 39.7. The lowest BCUT2D eigenvalue weighted by Crippen LogP contribution is -2.49. The summed E-state index contributed by atoms with van der Waals surface area (Å²) >= 11 is 0. The van der Waals surface area contributed by atoms with Crippen LogP contribution in [0, 0.1) is 17.5 Å². The van der Waals surface area contributed by atoms with Crippen molar-refractivity contribution in [3.05, 3.63) is 83.4 Å². The van der Waals surface area contributed by atoms with E-state index in [-0.39, 0.29) is 17.9 Å². The third-order valence-corrected chi connectivity index (χ3v) is 5.28. The number of aromatic nitrogens is 2. The minimum atomic E-state index is -1.63. The predicted octanol–water partition coefficient (Wildman–Crippen LogP) is 3.04. The van der Waals surface area contributed by atoms with Crippen LogP contribution >= 0.6 is 0 Å². The Hall–Kier alpha value is -3.95. The summed E-state index contributed by atoms with van der Waals surface area (Å²) in [4.78, 5) is 37.1. The quantitative estimate of drug-likeness (QED) is 0.599. The average Bonchev–Trinajstić information content (AvgIpc) is 2.84. The smallest absolute Gasteiger partial charge is 0.255 e. The minimum absolute atomic E-state index is 0.0160. The highest BCUT2D eigenvalue weighted by molar-refractivity contribution is 6.04. The van der Waals surface area contributed by atoms with E-state index in [2.05, 4.69) is 15.3 Å². The van der Waals surface area contributed by atoms with Gasteiger partial charge in [-0.1, -0.05) is 12.1 Å². The lowest BCUT2D eigenvalue weighted by Gasteiger charge is -2.34. The van der Waals surface area contributed by atoms with Crippen molar-refractivity contribution < 1.29 is 22.8 Å². The Kier molecular flexibility index (Phi) is 6.53. The lowest BCUT2D eigenvalue weighted by atomic mass is 10.1. The maximum Gasteiger partial charge on any atom is 0.255 e. The van der Waals surface area contributed by atoms with Crippen molar-refractivity contribution in [2.75, 3.05) is 36.4 Å². The third kappa shape index (κ3) is 5.28. The van der Waals surface area contributed by atoms with E-state index in [0.29, 0.717) is 49.9 Å². The predicted molar refractivity (Wildman–Crippen MR) is 115 cm³/mol. The molecule has 0 unspecified atom stereocenters. The second-order valence-corrected chi connectivity index (χ2v) is 7.50. The first kappa shape index (κ1) is 22.3. The van der Waals surface area contributed by atoms with Gasteiger partial charge in [0.25, 0.3) is 5.91 Å². The Morgan fingerprint density at radius 1 is 0.909 bits per heavy atom. The summed E-state index contributed by atoms with van der Waals surface area (Å²) in [5.74, 6) is -4.66. The Morgan fingerprint density at radius 3 is 2.12 bits per heavy atom. The van der Waals surface area contributed by atoms with Gasteiger partial charge in [0.05, 0.1) is 6.42 Å². The largest absolute Gasteiger partial charge is 0.339 e. The highest BCUT2D eigenvalue weighted by Gasteiger charge is 2.22. The zero-order chi connectivity index (χ0) is 23.4. The number of hydrogen-bond acceptors (Lipinski definition) is 5. The molecule has 1 aliphatic rings. The van der Waals surface area contributed by atoms with E-state index in [1.54, 1.807) is 47.6 Å². The Morgan fingerprint density at radius 2 is 1.52 bits per heavy atom. The summed E-state index contributed by atoms with van der Waals surface area (Å²) in [7, 11) is 0. The molecule has 1 aliphatic heterocycles. The van der Waals surface area contributed by atoms with Crippen LogP contribution in [0.1, 0.15) is 15.9 Å². The van der Waals surface area contributed by atoms with Crippen LogP contribution < -0.4 is 10.2 Å². The van der Waals surface area contributed by atoms with E-state index in [4.69, 9.17) is 0 Å². The van der Waals surface area contributed by atoms with Crippen LogP contribution in [0.3, 0.4) is 0 Å². The molecule has 0 bridgehead atoms. The minimum Gasteiger partial charge on any atom is -0.339 e. The van der Waals surface area contributed by atoms with Crippen molar-refractivity contribution in [2.24, 2.45) is 0 Å². The van der Waals surface area contributed by atoms with Crippen molar-refractivity contribution in [1.82, 2.24) is 14.9 Å². The molecule has 0 saturated carbocycles. The number of rotatable bonds is 5. The number of amides is 2. The fraction of sp³-hybridized carbons (Fsp3) is 0.217. The van der Waals surface area contributed by atoms with Crippen LogP contribution in [-0.2, 0) is 11.2 Å². The molecule has 1 saturated heterocycles. The van der Waals surface area contributed by atoms with Crippen LogP contribution in [0.15, 0.2) is 54.9 Å². The van der Waals surface area contributed by atoms with Gasteiger partial charge >= 0.3 is 0 Å². The Bertz CT molecular complexity index is 1130. The van der Waals surface area contributed by atoms with Gasteiger partial charge in [-0.3, -0.25) is 9.59 Å². The van der Waals surface area contributed by atoms with Gasteiger partial charge in [0.1, 0.15) is 0 Å². The van der Waals surface area contributed by atoms with Gasteiger partial charge < -0.3 is 15.1 Å². The van der Waals surface area contributed by atoms with Gasteiger partial charge in [-0.25, -0.2) is 23.1 Å². The van der Waals surface area contributed by atoms with Crippen LogP contribution in [0.5, 0.6) is 0 Å². The Balaban J connectivity index is 1.30. The molecule has 4 rings (SSSR count). The SMILES string of the molecule is O=C(Nc1ccc(CC(=O)N2CCN(c3ncccn3)CC2)cc1)c1cc(F)c(F)c(F)c1. The topological polar surface area (TPSA) is 78.4 Å². The van der Waals surface area contributed by atoms with Crippen LogP contribution in [0.4, 0.5) is 24.8 Å². The standard InChI is InChI=1S/C23H20F3N5O2/c24-18-13-16(14-19(25)21(18)26)22(33)29-17-4-2-15(3-5-17)12-20(32)30-8-10-31(11-9-30)23-27-6-1-7-28-23/h1-7,13-14H,8-12H2,(H,29,33). The summed E-state index contributed by atoms with van der Waals surface area (Å²) in [6, 6.07) is 9.56. The summed E-state index contributed by atoms with van der Waals surface area (Å²) in [6.07, 6.45) is 3.56. The fourth-order valence-corrected chi connectivity index (χ4v) is 3.49. The van der Waals surface area contributed by atoms with E-state index < -0.39 is 23.4 Å². The van der Waals surface area contributed by atoms with E-state index in [0.717, 1.165) is 5.56 Å². The molecule has 2 aromatic carbocycles. The van der Waals surface area contributed by atoms with Crippen LogP contribution in [0.25, 0.3) is 0 Å². The van der Waals surface area contributed by atoms with Crippen molar-refractivity contribution in [2.45, 2.75) is 6.42 Å². The van der Waals surface area contributed by atoms with Gasteiger partial charge in [0.2, 0.25) is 11.9 Å². The molecule has 0 aliphatic carbocycles. The number of benzene rings is 2. The second-order valence-electron chi connectivity index (χ2n) is 7.50. The number of anilines is 2. The molecule has 33 heavy (non-hydrogen) atoms. The average molecular weight is 455 g/mol. The lowest BCUT2D eigenvalue weighted by molar-refractivity contribution is -0.130. The Labute approximate surface area is 187 Å². The van der Waals surface area contributed by atoms with Crippen LogP contribution in [-0.4, -0.2) is 52.9 Å². The molecule has 3 aromatic rings. The van der Waals surface area contributed by atoms with Crippen molar-refractivity contribution in [3.63, 3.8) is 0 Å². The molecule has 10 heteroatoms. The number of hydrogen-bond donors (Lipinski definition) is 1. The first-order chi connectivity index (χ1) is 15.9. The van der Waals surface area contributed by atoms with Crippen molar-refractivity contribution >= 4 is 23.5 Å². The molecule has 170 valence electrons. The molecule has 1 aromatic heterocycles. The monoisotopic (exact) mass is 455 g/mol. The number of piperazine rings is 1. The number of halogens is 3. The molecule has 2 heterocycles. The van der Waals surface area contributed by atoms with Gasteiger partial charge in [-0.05, 0) is 35.9 Å². The first-order valence-corrected chi connectivity index (χ1v) is 10.3. The highest BCUT2D eigenvalue weighted by atomic mass is 19.2. The summed E-state index contributed by atoms with van der Waals surface area (Å²) in [5.41, 5.74) is 0.786. The number of nitrogens with one attached hydrogen (secondary N) is 1. The number of carbonyl (C=O) groups is 2. The number of nitrogens with zero attached hydrogens (tertiary/aromatic N) is 4. The maximum atomic E-state index is 13.3. The molecule has 2 amide bonds. The molecule has 7 nitrogen and oxygen atoms in total. The highest BCUT2D eigenvalue weighted by Crippen LogP contribution is 2.17. The molecular weight excluding hydrogens is 435 g/mol. The third-order valence-electron chi connectivity index (χ3n) is 5.28. The second kappa shape index (κ2) is 9.68. The normalized spacial score (nSPS) is 13.7. The first-order valence-electron chi connectivity index (χ1n) is 10.3. The van der Waals surface area contributed by atoms with E-state index in [1.807, 2.05) is 4.90 Å². The molecular formula is C23H20F3N5O2. The molecule has 1 N–H and O–H groups in total. The molecule has 0 spiro atoms. The van der Waals surface area contributed by atoms with Gasteiger partial charge in [-0.2, -0.15) is 0 Å². The zero-order valence-electron chi connectivity index (χ0n) is 17.5. The fourth-order valence-electron chi connectivity index (χ4n) is 3.49. The summed E-state index contributed by atoms with van der Waals surface area (Å²) in [5, 5.41) is 2.49. The maximum absolute atomic E-state index is 13.3. The summed E-state index contributed by atoms with van der Waals surface area (Å²) in [6.45, 7) is 2.42. The van der Waals surface area contributed by atoms with E-state index >= 15 is 0 Å². The van der Waals surface area contributed by atoms with E-state index in [1.165, 1.54) is 0 Å². The van der Waals surface area contributed by atoms with E-state index in [9.17, 15) is 22.8 Å². The molecule has 0 radical (unpaired) electrons. The van der Waals surface area contributed by atoms with Crippen LogP contribution in [0.2, 0.25) is 0 Å². The van der Waals surface area contributed by atoms with Gasteiger partial charge in [-0.15, -0.1) is 0 Å². The zero-order valence-corrected chi connectivity index (χ0v) is 17.5. The van der Waals surface area contributed by atoms with Gasteiger partial charge in [0, 0.05) is 49.8 Å². The van der Waals surface area contributed by atoms with Crippen molar-refractivity contribution in [3.8, 4) is 0 Å². The molecule has 1 fully saturated rings. The van der Waals surface area contributed by atoms with Gasteiger partial charge in [0.15, 0.2) is 17.5 Å². The number of carbonyl (C=O) groups excluding carboxylic acids is 2.